The van der Waals surface area contributed by atoms with Gasteiger partial charge in [0.15, 0.2) is 23.2 Å². The van der Waals surface area contributed by atoms with Crippen molar-refractivity contribution in [1.82, 2.24) is 19.5 Å². The van der Waals surface area contributed by atoms with Crippen molar-refractivity contribution in [2.24, 2.45) is 0 Å². The molecular formula is C24H31N5O5. The predicted molar refractivity (Wildman–Crippen MR) is 124 cm³/mol. The van der Waals surface area contributed by atoms with Gasteiger partial charge in [-0.3, -0.25) is 4.57 Å². The molecule has 2 aromatic heterocycles. The largest absolute Gasteiger partial charge is 0.394 e. The third kappa shape index (κ3) is 4.27. The molecule has 6 atom stereocenters. The first-order chi connectivity index (χ1) is 16.5. The molecule has 1 aliphatic heterocycles. The summed E-state index contributed by atoms with van der Waals surface area (Å²) in [7, 11) is 0. The van der Waals surface area contributed by atoms with Crippen LogP contribution in [0.3, 0.4) is 0 Å². The maximum atomic E-state index is 10.4. The number of nitrogens with one attached hydrogen (secondary N) is 1. The van der Waals surface area contributed by atoms with Crippen LogP contribution in [0.4, 0.5) is 5.82 Å². The van der Waals surface area contributed by atoms with E-state index in [-0.39, 0.29) is 12.1 Å². The summed E-state index contributed by atoms with van der Waals surface area (Å²) >= 11 is 0. The summed E-state index contributed by atoms with van der Waals surface area (Å²) in [4.78, 5) is 13.2. The van der Waals surface area contributed by atoms with Gasteiger partial charge in [0.25, 0.3) is 0 Å². The van der Waals surface area contributed by atoms with Gasteiger partial charge in [0.2, 0.25) is 0 Å². The van der Waals surface area contributed by atoms with Crippen molar-refractivity contribution in [1.29, 1.82) is 0 Å². The third-order valence-electron chi connectivity index (χ3n) is 6.88. The van der Waals surface area contributed by atoms with Crippen molar-refractivity contribution in [3.8, 4) is 0 Å². The molecule has 5 rings (SSSR count). The van der Waals surface area contributed by atoms with Crippen LogP contribution in [0.25, 0.3) is 11.2 Å². The molecule has 10 nitrogen and oxygen atoms in total. The predicted octanol–water partition coefficient (Wildman–Crippen LogP) is 1.60. The minimum Gasteiger partial charge on any atom is -0.394 e. The number of aliphatic hydroxyl groups is 3. The van der Waals surface area contributed by atoms with Gasteiger partial charge < -0.3 is 30.1 Å². The van der Waals surface area contributed by atoms with E-state index in [1.165, 1.54) is 29.3 Å². The summed E-state index contributed by atoms with van der Waals surface area (Å²) in [6.07, 6.45) is 1.79. The van der Waals surface area contributed by atoms with Crippen LogP contribution in [-0.4, -0.2) is 71.9 Å². The SMILES string of the molecule is Cc1ccc(C)c(CO[C@@H]2CCCC2Nc2ncnc3c2ncn3C2OC(CO)[C@@H](O)[C@H]2O)c1. The number of aromatic nitrogens is 4. The number of fused-ring (bicyclic) bond motifs is 1. The number of imidazole rings is 1. The Balaban J connectivity index is 1.32. The molecule has 1 saturated heterocycles. The van der Waals surface area contributed by atoms with Crippen LogP contribution in [0.2, 0.25) is 0 Å². The standard InChI is InChI=1S/C24H31N5O5/c1-13-6-7-14(2)15(8-13)10-33-17-5-3-4-16(17)28-22-19-23(26-11-25-22)29(12-27-19)24-21(32)20(31)18(9-30)34-24/h6-8,11-12,16-18,20-21,24,30-32H,3-5,9-10H2,1-2H3,(H,25,26,28)/t16?,17-,18?,20-,21-,24?/m1/s1. The maximum absolute atomic E-state index is 10.4. The van der Waals surface area contributed by atoms with E-state index in [2.05, 4.69) is 52.3 Å². The number of nitrogens with zero attached hydrogens (tertiary/aromatic N) is 4. The third-order valence-corrected chi connectivity index (χ3v) is 6.88. The van der Waals surface area contributed by atoms with Crippen LogP contribution in [0.5, 0.6) is 0 Å². The van der Waals surface area contributed by atoms with E-state index >= 15 is 0 Å². The minimum atomic E-state index is -1.21. The van der Waals surface area contributed by atoms with E-state index in [9.17, 15) is 15.3 Å². The summed E-state index contributed by atoms with van der Waals surface area (Å²) in [5, 5.41) is 33.4. The van der Waals surface area contributed by atoms with E-state index in [0.29, 0.717) is 23.6 Å². The Hall–Kier alpha value is -2.63. The molecule has 3 unspecified atom stereocenters. The molecule has 2 aliphatic rings. The summed E-state index contributed by atoms with van der Waals surface area (Å²) in [6.45, 7) is 4.36. The summed E-state index contributed by atoms with van der Waals surface area (Å²) in [5.41, 5.74) is 4.66. The molecule has 2 fully saturated rings. The van der Waals surface area contributed by atoms with Crippen LogP contribution in [-0.2, 0) is 16.1 Å². The number of aliphatic hydroxyl groups excluding tert-OH is 3. The Morgan fingerprint density at radius 3 is 2.79 bits per heavy atom. The second-order valence-electron chi connectivity index (χ2n) is 9.24. The van der Waals surface area contributed by atoms with Gasteiger partial charge in [-0.25, -0.2) is 15.0 Å². The number of anilines is 1. The van der Waals surface area contributed by atoms with Crippen LogP contribution in [0, 0.1) is 13.8 Å². The summed E-state index contributed by atoms with van der Waals surface area (Å²) < 4.78 is 13.5. The quantitative estimate of drug-likeness (QED) is 0.407. The van der Waals surface area contributed by atoms with E-state index < -0.39 is 31.1 Å². The van der Waals surface area contributed by atoms with Gasteiger partial charge in [-0.1, -0.05) is 23.8 Å². The fraction of sp³-hybridized carbons (Fsp3) is 0.542. The molecule has 3 aromatic rings. The highest BCUT2D eigenvalue weighted by molar-refractivity contribution is 5.82. The second-order valence-corrected chi connectivity index (χ2v) is 9.24. The van der Waals surface area contributed by atoms with Crippen LogP contribution in [0.1, 0.15) is 42.2 Å². The molecule has 182 valence electrons. The molecule has 0 amide bonds. The van der Waals surface area contributed by atoms with Crippen molar-refractivity contribution in [2.45, 2.75) is 76.4 Å². The number of aryl methyl sites for hydroxylation is 2. The van der Waals surface area contributed by atoms with Gasteiger partial charge in [0, 0.05) is 0 Å². The highest BCUT2D eigenvalue weighted by atomic mass is 16.6. The lowest BCUT2D eigenvalue weighted by Gasteiger charge is -2.23. The number of rotatable bonds is 7. The van der Waals surface area contributed by atoms with E-state index in [1.54, 1.807) is 4.57 Å². The van der Waals surface area contributed by atoms with Crippen LogP contribution >= 0.6 is 0 Å². The summed E-state index contributed by atoms with van der Waals surface area (Å²) in [5.74, 6) is 0.586. The zero-order valence-corrected chi connectivity index (χ0v) is 19.3. The van der Waals surface area contributed by atoms with Crippen molar-refractivity contribution in [2.75, 3.05) is 11.9 Å². The lowest BCUT2D eigenvalue weighted by molar-refractivity contribution is -0.0511. The fourth-order valence-electron chi connectivity index (χ4n) is 4.87. The molecule has 1 saturated carbocycles. The average Bonchev–Trinajstić information content (AvgIpc) is 3.53. The maximum Gasteiger partial charge on any atom is 0.167 e. The second kappa shape index (κ2) is 9.55. The molecule has 0 radical (unpaired) electrons. The Labute approximate surface area is 197 Å². The highest BCUT2D eigenvalue weighted by Crippen LogP contribution is 2.33. The first-order valence-electron chi connectivity index (χ1n) is 11.7. The van der Waals surface area contributed by atoms with Gasteiger partial charge >= 0.3 is 0 Å². The normalized spacial score (nSPS) is 29.2. The molecular weight excluding hydrogens is 438 g/mol. The Kier molecular flexibility index (Phi) is 6.50. The van der Waals surface area contributed by atoms with E-state index in [4.69, 9.17) is 9.47 Å². The Morgan fingerprint density at radius 2 is 2.00 bits per heavy atom. The Morgan fingerprint density at radius 1 is 1.15 bits per heavy atom. The van der Waals surface area contributed by atoms with Crippen molar-refractivity contribution in [3.05, 3.63) is 47.5 Å². The molecule has 0 spiro atoms. The monoisotopic (exact) mass is 469 g/mol. The molecule has 10 heteroatoms. The number of hydrogen-bond acceptors (Lipinski definition) is 9. The van der Waals surface area contributed by atoms with Gasteiger partial charge in [0.1, 0.15) is 24.6 Å². The van der Waals surface area contributed by atoms with Gasteiger partial charge in [-0.2, -0.15) is 0 Å². The fourth-order valence-corrected chi connectivity index (χ4v) is 4.87. The highest BCUT2D eigenvalue weighted by Gasteiger charge is 2.44. The Bertz CT molecular complexity index is 1150. The first-order valence-corrected chi connectivity index (χ1v) is 11.7. The lowest BCUT2D eigenvalue weighted by atomic mass is 10.1. The van der Waals surface area contributed by atoms with Gasteiger partial charge in [0.05, 0.1) is 31.7 Å². The van der Waals surface area contributed by atoms with E-state index in [1.807, 2.05) is 0 Å². The van der Waals surface area contributed by atoms with Crippen LogP contribution in [0.15, 0.2) is 30.9 Å². The number of ether oxygens (including phenoxy) is 2. The van der Waals surface area contributed by atoms with Crippen molar-refractivity contribution in [3.63, 3.8) is 0 Å². The summed E-state index contributed by atoms with van der Waals surface area (Å²) in [6, 6.07) is 6.49. The van der Waals surface area contributed by atoms with E-state index in [0.717, 1.165) is 19.3 Å². The molecule has 1 aromatic carbocycles. The number of benzene rings is 1. The average molecular weight is 470 g/mol. The smallest absolute Gasteiger partial charge is 0.167 e. The van der Waals surface area contributed by atoms with Crippen molar-refractivity contribution >= 4 is 17.0 Å². The topological polar surface area (TPSA) is 135 Å². The lowest BCUT2D eigenvalue weighted by Crippen LogP contribution is -2.33. The molecule has 4 N–H and O–H groups in total. The van der Waals surface area contributed by atoms with Crippen LogP contribution < -0.4 is 5.32 Å². The van der Waals surface area contributed by atoms with Crippen molar-refractivity contribution < 1.29 is 24.8 Å². The molecule has 0 bridgehead atoms. The minimum absolute atomic E-state index is 0.0486. The molecule has 1 aliphatic carbocycles. The zero-order chi connectivity index (χ0) is 23.8. The molecule has 34 heavy (non-hydrogen) atoms. The zero-order valence-electron chi connectivity index (χ0n) is 19.3. The molecule has 3 heterocycles. The first kappa shape index (κ1) is 23.1. The number of hydrogen-bond donors (Lipinski definition) is 4. The van der Waals surface area contributed by atoms with Gasteiger partial charge in [-0.05, 0) is 44.2 Å². The van der Waals surface area contributed by atoms with Gasteiger partial charge in [-0.15, -0.1) is 0 Å².